The summed E-state index contributed by atoms with van der Waals surface area (Å²) in [7, 11) is 0. The Labute approximate surface area is 108 Å². The molecule has 0 bridgehead atoms. The average molecular weight is 254 g/mol. The number of ether oxygens (including phenoxy) is 1. The van der Waals surface area contributed by atoms with Gasteiger partial charge in [0.2, 0.25) is 0 Å². The molecule has 0 radical (unpaired) electrons. The molecular formula is C13H22N2O3. The number of nitrogens with zero attached hydrogens (tertiary/aromatic N) is 1. The second-order valence-corrected chi connectivity index (χ2v) is 5.07. The van der Waals surface area contributed by atoms with Crippen molar-refractivity contribution >= 4 is 0 Å². The Morgan fingerprint density at radius 3 is 2.89 bits per heavy atom. The van der Waals surface area contributed by atoms with Crippen LogP contribution in [0.1, 0.15) is 12.7 Å². The molecule has 18 heavy (non-hydrogen) atoms. The van der Waals surface area contributed by atoms with Gasteiger partial charge in [0.15, 0.2) is 0 Å². The fourth-order valence-electron chi connectivity index (χ4n) is 2.17. The minimum absolute atomic E-state index is 0.547. The summed E-state index contributed by atoms with van der Waals surface area (Å²) in [5.41, 5.74) is -0.732. The first-order valence-corrected chi connectivity index (χ1v) is 6.41. The number of rotatable bonds is 6. The first kappa shape index (κ1) is 13.5. The molecule has 1 unspecified atom stereocenters. The number of morpholine rings is 1. The van der Waals surface area contributed by atoms with Gasteiger partial charge in [0.05, 0.1) is 31.6 Å². The zero-order valence-corrected chi connectivity index (χ0v) is 10.9. The van der Waals surface area contributed by atoms with Gasteiger partial charge in [-0.05, 0) is 19.1 Å². The van der Waals surface area contributed by atoms with Gasteiger partial charge in [0.1, 0.15) is 5.76 Å². The van der Waals surface area contributed by atoms with Gasteiger partial charge in [-0.1, -0.05) is 0 Å². The second-order valence-electron chi connectivity index (χ2n) is 5.07. The van der Waals surface area contributed by atoms with Crippen LogP contribution in [0.2, 0.25) is 0 Å². The fourth-order valence-corrected chi connectivity index (χ4v) is 2.17. The van der Waals surface area contributed by atoms with Gasteiger partial charge >= 0.3 is 0 Å². The van der Waals surface area contributed by atoms with E-state index in [4.69, 9.17) is 9.15 Å². The highest BCUT2D eigenvalue weighted by Crippen LogP contribution is 2.08. The third kappa shape index (κ3) is 4.42. The lowest BCUT2D eigenvalue weighted by molar-refractivity contribution is -0.0220. The lowest BCUT2D eigenvalue weighted by atomic mass is 10.1. The van der Waals surface area contributed by atoms with Gasteiger partial charge in [0.25, 0.3) is 0 Å². The fraction of sp³-hybridized carbons (Fsp3) is 0.692. The molecule has 1 aliphatic rings. The monoisotopic (exact) mass is 254 g/mol. The summed E-state index contributed by atoms with van der Waals surface area (Å²) in [6, 6.07) is 3.78. The largest absolute Gasteiger partial charge is 0.468 e. The predicted octanol–water partition coefficient (Wildman–Crippen LogP) is 0.452. The number of hydrogen-bond acceptors (Lipinski definition) is 5. The Bertz CT molecular complexity index is 332. The molecule has 1 saturated heterocycles. The second kappa shape index (κ2) is 6.33. The zero-order chi connectivity index (χ0) is 12.8. The van der Waals surface area contributed by atoms with Crippen molar-refractivity contribution in [3.63, 3.8) is 0 Å². The Hall–Kier alpha value is -0.880. The van der Waals surface area contributed by atoms with Crippen LogP contribution in [0.25, 0.3) is 0 Å². The molecule has 102 valence electrons. The van der Waals surface area contributed by atoms with Crippen molar-refractivity contribution < 1.29 is 14.3 Å². The normalized spacial score (nSPS) is 20.8. The van der Waals surface area contributed by atoms with E-state index in [1.165, 1.54) is 0 Å². The molecule has 1 atom stereocenters. The van der Waals surface area contributed by atoms with Crippen LogP contribution in [0, 0.1) is 0 Å². The summed E-state index contributed by atoms with van der Waals surface area (Å²) < 4.78 is 10.5. The molecule has 0 saturated carbocycles. The van der Waals surface area contributed by atoms with Gasteiger partial charge < -0.3 is 19.6 Å². The third-order valence-corrected chi connectivity index (χ3v) is 3.05. The topological polar surface area (TPSA) is 57.9 Å². The van der Waals surface area contributed by atoms with Gasteiger partial charge in [-0.2, -0.15) is 0 Å². The lowest BCUT2D eigenvalue weighted by Gasteiger charge is -2.33. The minimum atomic E-state index is -0.732. The van der Waals surface area contributed by atoms with Crippen LogP contribution in [0.15, 0.2) is 22.8 Å². The third-order valence-electron chi connectivity index (χ3n) is 3.05. The smallest absolute Gasteiger partial charge is 0.117 e. The molecule has 2 rings (SSSR count). The molecule has 1 fully saturated rings. The SMILES string of the molecule is CC(O)(CNCc1ccco1)CN1CCOCC1. The highest BCUT2D eigenvalue weighted by molar-refractivity contribution is 4.97. The summed E-state index contributed by atoms with van der Waals surface area (Å²) in [5.74, 6) is 0.886. The van der Waals surface area contributed by atoms with E-state index in [-0.39, 0.29) is 0 Å². The van der Waals surface area contributed by atoms with E-state index in [0.717, 1.165) is 32.1 Å². The van der Waals surface area contributed by atoms with Gasteiger partial charge in [-0.15, -0.1) is 0 Å². The molecule has 5 nitrogen and oxygen atoms in total. The lowest BCUT2D eigenvalue weighted by Crippen LogP contribution is -2.50. The first-order valence-electron chi connectivity index (χ1n) is 6.41. The van der Waals surface area contributed by atoms with Crippen molar-refractivity contribution in [2.45, 2.75) is 19.1 Å². The number of hydrogen-bond donors (Lipinski definition) is 2. The molecule has 0 aliphatic carbocycles. The standard InChI is InChI=1S/C13H22N2O3/c1-13(16,11-15-4-7-17-8-5-15)10-14-9-12-3-2-6-18-12/h2-3,6,14,16H,4-5,7-11H2,1H3. The molecule has 0 amide bonds. The molecule has 1 aromatic heterocycles. The van der Waals surface area contributed by atoms with Crippen molar-refractivity contribution in [1.82, 2.24) is 10.2 Å². The Morgan fingerprint density at radius 2 is 2.22 bits per heavy atom. The van der Waals surface area contributed by atoms with Crippen molar-refractivity contribution in [2.75, 3.05) is 39.4 Å². The quantitative estimate of drug-likeness (QED) is 0.772. The maximum atomic E-state index is 10.3. The van der Waals surface area contributed by atoms with E-state index >= 15 is 0 Å². The van der Waals surface area contributed by atoms with Crippen molar-refractivity contribution in [3.8, 4) is 0 Å². The summed E-state index contributed by atoms with van der Waals surface area (Å²) in [6.45, 7) is 7.03. The van der Waals surface area contributed by atoms with E-state index in [0.29, 0.717) is 19.6 Å². The maximum Gasteiger partial charge on any atom is 0.117 e. The first-order chi connectivity index (χ1) is 8.66. The number of β-amino-alcohol motifs (C(OH)–C–C–N with tert-alkyl or cyclic N) is 1. The van der Waals surface area contributed by atoms with Crippen LogP contribution in [0.4, 0.5) is 0 Å². The van der Waals surface area contributed by atoms with Crippen LogP contribution in [-0.2, 0) is 11.3 Å². The summed E-state index contributed by atoms with van der Waals surface area (Å²) in [6.07, 6.45) is 1.66. The Kier molecular flexibility index (Phi) is 4.77. The van der Waals surface area contributed by atoms with Gasteiger partial charge in [-0.25, -0.2) is 0 Å². The molecule has 1 aromatic rings. The van der Waals surface area contributed by atoms with Gasteiger partial charge in [-0.3, -0.25) is 4.90 Å². The Morgan fingerprint density at radius 1 is 1.44 bits per heavy atom. The molecule has 2 N–H and O–H groups in total. The van der Waals surface area contributed by atoms with Crippen LogP contribution in [0.5, 0.6) is 0 Å². The van der Waals surface area contributed by atoms with Crippen LogP contribution >= 0.6 is 0 Å². The molecule has 2 heterocycles. The van der Waals surface area contributed by atoms with E-state index in [2.05, 4.69) is 10.2 Å². The number of furan rings is 1. The van der Waals surface area contributed by atoms with Crippen LogP contribution in [-0.4, -0.2) is 55.0 Å². The highest BCUT2D eigenvalue weighted by atomic mass is 16.5. The van der Waals surface area contributed by atoms with E-state index in [9.17, 15) is 5.11 Å². The van der Waals surface area contributed by atoms with E-state index < -0.39 is 5.60 Å². The molecule has 0 spiro atoms. The summed E-state index contributed by atoms with van der Waals surface area (Å²) >= 11 is 0. The van der Waals surface area contributed by atoms with Crippen molar-refractivity contribution in [2.24, 2.45) is 0 Å². The average Bonchev–Trinajstić information content (AvgIpc) is 2.82. The summed E-state index contributed by atoms with van der Waals surface area (Å²) in [4.78, 5) is 2.23. The minimum Gasteiger partial charge on any atom is -0.468 e. The molecule has 1 aliphatic heterocycles. The Balaban J connectivity index is 1.69. The number of nitrogens with one attached hydrogen (secondary N) is 1. The predicted molar refractivity (Wildman–Crippen MR) is 68.3 cm³/mol. The molecular weight excluding hydrogens is 232 g/mol. The zero-order valence-electron chi connectivity index (χ0n) is 10.9. The number of aliphatic hydroxyl groups is 1. The maximum absolute atomic E-state index is 10.3. The van der Waals surface area contributed by atoms with Crippen LogP contribution < -0.4 is 5.32 Å². The summed E-state index contributed by atoms with van der Waals surface area (Å²) in [5, 5.41) is 13.5. The van der Waals surface area contributed by atoms with Crippen molar-refractivity contribution in [3.05, 3.63) is 24.2 Å². The van der Waals surface area contributed by atoms with E-state index in [1.54, 1.807) is 6.26 Å². The molecule has 0 aromatic carbocycles. The van der Waals surface area contributed by atoms with E-state index in [1.807, 2.05) is 19.1 Å². The highest BCUT2D eigenvalue weighted by Gasteiger charge is 2.24. The molecule has 5 heteroatoms. The van der Waals surface area contributed by atoms with Crippen LogP contribution in [0.3, 0.4) is 0 Å². The van der Waals surface area contributed by atoms with Gasteiger partial charge in [0, 0.05) is 26.2 Å². The van der Waals surface area contributed by atoms with Crippen molar-refractivity contribution in [1.29, 1.82) is 0 Å².